The Morgan fingerprint density at radius 3 is 2.24 bits per heavy atom. The van der Waals surface area contributed by atoms with Gasteiger partial charge in [0.05, 0.1) is 6.04 Å². The van der Waals surface area contributed by atoms with Gasteiger partial charge in [-0.25, -0.2) is 0 Å². The second kappa shape index (κ2) is 9.40. The predicted octanol–water partition coefficient (Wildman–Crippen LogP) is 6.96. The number of hydrogen-bond donors (Lipinski definition) is 0. The molecule has 6 rings (SSSR count). The van der Waals surface area contributed by atoms with Crippen LogP contribution in [0.15, 0.2) is 96.1 Å². The summed E-state index contributed by atoms with van der Waals surface area (Å²) in [7, 11) is 0. The normalized spacial score (nSPS) is 23.4. The average Bonchev–Trinajstić information content (AvgIpc) is 3.73. The van der Waals surface area contributed by atoms with E-state index in [9.17, 15) is 15.3 Å². The van der Waals surface area contributed by atoms with E-state index in [4.69, 9.17) is 11.6 Å². The molecule has 1 saturated heterocycles. The van der Waals surface area contributed by atoms with Crippen molar-refractivity contribution in [3.63, 3.8) is 0 Å². The number of benzene rings is 3. The molecule has 180 valence electrons. The Morgan fingerprint density at radius 2 is 1.57 bits per heavy atom. The number of hydrogen-bond acceptors (Lipinski definition) is 4. The molecule has 1 saturated carbocycles. The molecule has 0 bridgehead atoms. The van der Waals surface area contributed by atoms with Crippen molar-refractivity contribution in [2.24, 2.45) is 11.8 Å². The summed E-state index contributed by atoms with van der Waals surface area (Å²) in [5.41, 5.74) is 4.76. The summed E-state index contributed by atoms with van der Waals surface area (Å²) < 4.78 is 0. The molecular formula is C32H24ClN3O. The van der Waals surface area contributed by atoms with Crippen LogP contribution in [0, 0.1) is 34.5 Å². The zero-order valence-corrected chi connectivity index (χ0v) is 20.8. The molecule has 3 aromatic carbocycles. The minimum absolute atomic E-state index is 0.0313. The van der Waals surface area contributed by atoms with Gasteiger partial charge in [-0.15, -0.1) is 0 Å². The van der Waals surface area contributed by atoms with Crippen LogP contribution < -0.4 is 4.90 Å². The summed E-state index contributed by atoms with van der Waals surface area (Å²) in [5.74, 6) is -0.251. The highest BCUT2D eigenvalue weighted by Gasteiger charge is 2.56. The van der Waals surface area contributed by atoms with Crippen molar-refractivity contribution < 1.29 is 4.79 Å². The molecule has 4 atom stereocenters. The molecule has 0 spiro atoms. The maximum atomic E-state index is 14.4. The second-order valence-electron chi connectivity index (χ2n) is 9.92. The van der Waals surface area contributed by atoms with Gasteiger partial charge in [-0.3, -0.25) is 4.79 Å². The van der Waals surface area contributed by atoms with Crippen molar-refractivity contribution in [1.82, 2.24) is 0 Å². The molecule has 2 heterocycles. The van der Waals surface area contributed by atoms with Crippen molar-refractivity contribution in [1.29, 1.82) is 10.5 Å². The van der Waals surface area contributed by atoms with E-state index in [0.717, 1.165) is 35.2 Å². The van der Waals surface area contributed by atoms with Crippen LogP contribution in [0.3, 0.4) is 0 Å². The van der Waals surface area contributed by atoms with E-state index in [2.05, 4.69) is 41.3 Å². The van der Waals surface area contributed by atoms with Crippen LogP contribution in [0.2, 0.25) is 5.02 Å². The number of allylic oxidation sites excluding steroid dienone is 1. The number of ketones is 1. The van der Waals surface area contributed by atoms with Crippen molar-refractivity contribution in [3.8, 4) is 12.1 Å². The molecule has 37 heavy (non-hydrogen) atoms. The predicted molar refractivity (Wildman–Crippen MR) is 145 cm³/mol. The molecule has 3 aliphatic rings. The molecule has 2 aliphatic heterocycles. The van der Waals surface area contributed by atoms with Crippen molar-refractivity contribution >= 4 is 29.1 Å². The molecule has 1 aliphatic carbocycles. The van der Waals surface area contributed by atoms with Gasteiger partial charge in [0.1, 0.15) is 23.8 Å². The smallest absolute Gasteiger partial charge is 0.185 e. The standard InChI is InChI=1S/C32H24ClN3O/c33-25-15-12-22(13-16-25)29-30(28(21-10-11-21)24(18-34)19-35)27-17-14-20-6-4-5-9-26(20)36(27)31(29)32(37)23-7-2-1-3-8-23/h1-9,12-17,21,27,29-31H,10-11H2/t27-,29-,30+,31-/m0/s1. The summed E-state index contributed by atoms with van der Waals surface area (Å²) in [6.45, 7) is 0. The number of carbonyl (C=O) groups is 1. The summed E-state index contributed by atoms with van der Waals surface area (Å²) in [4.78, 5) is 16.6. The second-order valence-corrected chi connectivity index (χ2v) is 10.4. The van der Waals surface area contributed by atoms with Gasteiger partial charge in [-0.2, -0.15) is 10.5 Å². The molecule has 0 unspecified atom stereocenters. The lowest BCUT2D eigenvalue weighted by atomic mass is 9.73. The maximum Gasteiger partial charge on any atom is 0.185 e. The van der Waals surface area contributed by atoms with E-state index in [0.29, 0.717) is 10.6 Å². The van der Waals surface area contributed by atoms with E-state index in [-0.39, 0.29) is 35.2 Å². The highest BCUT2D eigenvalue weighted by molar-refractivity contribution is 6.30. The Labute approximate surface area is 221 Å². The SMILES string of the molecule is N#CC(C#N)=C(C1CC1)[C@@H]1[C@H](c2ccc(Cl)cc2)[C@@H](C(=O)c2ccccc2)N2c3ccccc3C=C[C@@H]12. The molecule has 0 aromatic heterocycles. The first-order valence-electron chi connectivity index (χ1n) is 12.6. The Kier molecular flexibility index (Phi) is 5.91. The van der Waals surface area contributed by atoms with Crippen LogP contribution >= 0.6 is 11.6 Å². The Bertz CT molecular complexity index is 1490. The lowest BCUT2D eigenvalue weighted by molar-refractivity contribution is 0.0952. The molecule has 0 radical (unpaired) electrons. The van der Waals surface area contributed by atoms with E-state index in [1.54, 1.807) is 0 Å². The van der Waals surface area contributed by atoms with Gasteiger partial charge in [0.15, 0.2) is 5.78 Å². The van der Waals surface area contributed by atoms with Crippen molar-refractivity contribution in [3.05, 3.63) is 118 Å². The quantitative estimate of drug-likeness (QED) is 0.280. The van der Waals surface area contributed by atoms with Crippen LogP contribution in [0.25, 0.3) is 6.08 Å². The number of nitrogens with zero attached hydrogens (tertiary/aromatic N) is 3. The molecule has 0 N–H and O–H groups in total. The van der Waals surface area contributed by atoms with Gasteiger partial charge < -0.3 is 4.90 Å². The number of halogens is 1. The first-order chi connectivity index (χ1) is 18.1. The lowest BCUT2D eigenvalue weighted by Gasteiger charge is -2.36. The summed E-state index contributed by atoms with van der Waals surface area (Å²) >= 11 is 6.27. The third kappa shape index (κ3) is 3.95. The van der Waals surface area contributed by atoms with E-state index >= 15 is 0 Å². The monoisotopic (exact) mass is 501 g/mol. The van der Waals surface area contributed by atoms with E-state index in [1.807, 2.05) is 66.7 Å². The largest absolute Gasteiger partial charge is 0.353 e. The minimum atomic E-state index is -0.517. The lowest BCUT2D eigenvalue weighted by Crippen LogP contribution is -2.43. The van der Waals surface area contributed by atoms with Gasteiger partial charge in [-0.05, 0) is 53.7 Å². The summed E-state index contributed by atoms with van der Waals surface area (Å²) in [6.07, 6.45) is 6.18. The summed E-state index contributed by atoms with van der Waals surface area (Å²) in [6, 6.07) is 28.9. The van der Waals surface area contributed by atoms with Gasteiger partial charge in [0.25, 0.3) is 0 Å². The Morgan fingerprint density at radius 1 is 0.892 bits per heavy atom. The minimum Gasteiger partial charge on any atom is -0.353 e. The van der Waals surface area contributed by atoms with Gasteiger partial charge >= 0.3 is 0 Å². The number of anilines is 1. The van der Waals surface area contributed by atoms with Crippen LogP contribution in [-0.2, 0) is 0 Å². The molecule has 5 heteroatoms. The molecule has 4 nitrogen and oxygen atoms in total. The van der Waals surface area contributed by atoms with Gasteiger partial charge in [0.2, 0.25) is 0 Å². The fraction of sp³-hybridized carbons (Fsp3) is 0.219. The fourth-order valence-electron chi connectivity index (χ4n) is 6.24. The molecular weight excluding hydrogens is 478 g/mol. The third-order valence-electron chi connectivity index (χ3n) is 7.87. The summed E-state index contributed by atoms with van der Waals surface area (Å²) in [5, 5.41) is 20.6. The highest BCUT2D eigenvalue weighted by atomic mass is 35.5. The molecule has 0 amide bonds. The van der Waals surface area contributed by atoms with E-state index < -0.39 is 6.04 Å². The number of Topliss-reactive ketones (excluding diaryl/α,β-unsaturated/α-hetero) is 1. The molecule has 2 fully saturated rings. The van der Waals surface area contributed by atoms with Crippen LogP contribution in [0.1, 0.15) is 40.2 Å². The van der Waals surface area contributed by atoms with Crippen molar-refractivity contribution in [2.75, 3.05) is 4.90 Å². The number of carbonyl (C=O) groups excluding carboxylic acids is 1. The first kappa shape index (κ1) is 23.3. The van der Waals surface area contributed by atoms with E-state index in [1.165, 1.54) is 0 Å². The zero-order chi connectivity index (χ0) is 25.5. The number of nitriles is 2. The van der Waals surface area contributed by atoms with Crippen molar-refractivity contribution in [2.45, 2.75) is 30.8 Å². The molecule has 3 aromatic rings. The third-order valence-corrected chi connectivity index (χ3v) is 8.13. The number of para-hydroxylation sites is 1. The number of rotatable bonds is 5. The first-order valence-corrected chi connectivity index (χ1v) is 12.9. The van der Waals surface area contributed by atoms with Gasteiger partial charge in [0, 0.05) is 28.1 Å². The highest BCUT2D eigenvalue weighted by Crippen LogP contribution is 2.56. The Balaban J connectivity index is 1.63. The van der Waals surface area contributed by atoms with Gasteiger partial charge in [-0.1, -0.05) is 84.4 Å². The van der Waals surface area contributed by atoms with Crippen LogP contribution in [-0.4, -0.2) is 17.9 Å². The zero-order valence-electron chi connectivity index (χ0n) is 20.1. The van der Waals surface area contributed by atoms with Crippen LogP contribution in [0.5, 0.6) is 0 Å². The topological polar surface area (TPSA) is 67.9 Å². The average molecular weight is 502 g/mol. The van der Waals surface area contributed by atoms with Crippen LogP contribution in [0.4, 0.5) is 5.69 Å². The fourth-order valence-corrected chi connectivity index (χ4v) is 6.36. The number of fused-ring (bicyclic) bond motifs is 3. The maximum absolute atomic E-state index is 14.4. The Hall–Kier alpha value is -4.12.